The molecule has 0 saturated heterocycles. The zero-order valence-corrected chi connectivity index (χ0v) is 4.85. The molecule has 0 aromatic heterocycles. The standard InChI is InChI=1S/C6H13O/c1-2-3-4-5-6-7/h6-7H,2-5H2,1H3/q-1. The molecule has 1 N–H and O–H groups in total. The third kappa shape index (κ3) is 5.96. The summed E-state index contributed by atoms with van der Waals surface area (Å²) in [5.74, 6) is 0. The van der Waals surface area contributed by atoms with Crippen LogP contribution in [0.4, 0.5) is 0 Å². The molecule has 0 aromatic rings. The van der Waals surface area contributed by atoms with Gasteiger partial charge in [-0.05, 0) is 0 Å². The van der Waals surface area contributed by atoms with E-state index in [4.69, 9.17) is 5.11 Å². The van der Waals surface area contributed by atoms with Gasteiger partial charge in [0.2, 0.25) is 0 Å². The number of aliphatic hydroxyl groups excluding tert-OH is 1. The zero-order valence-electron chi connectivity index (χ0n) is 4.85. The molecule has 0 aromatic carbocycles. The van der Waals surface area contributed by atoms with Crippen molar-refractivity contribution in [3.05, 3.63) is 6.61 Å². The van der Waals surface area contributed by atoms with Crippen LogP contribution in [-0.2, 0) is 0 Å². The molecule has 0 bridgehead atoms. The molecule has 0 aliphatic rings. The molecule has 0 rings (SSSR count). The second-order valence-electron chi connectivity index (χ2n) is 1.68. The van der Waals surface area contributed by atoms with E-state index in [1.165, 1.54) is 19.4 Å². The Balaban J connectivity index is 2.45. The highest BCUT2D eigenvalue weighted by atomic mass is 16.2. The van der Waals surface area contributed by atoms with Crippen molar-refractivity contribution in [2.75, 3.05) is 0 Å². The first-order valence-corrected chi connectivity index (χ1v) is 2.87. The minimum absolute atomic E-state index is 0.855. The molecular formula is C6H13O-. The van der Waals surface area contributed by atoms with Gasteiger partial charge < -0.3 is 5.11 Å². The fourth-order valence-corrected chi connectivity index (χ4v) is 0.486. The van der Waals surface area contributed by atoms with Crippen LogP contribution in [0.5, 0.6) is 0 Å². The van der Waals surface area contributed by atoms with Gasteiger partial charge in [0.15, 0.2) is 0 Å². The number of rotatable bonds is 4. The van der Waals surface area contributed by atoms with E-state index < -0.39 is 0 Å². The van der Waals surface area contributed by atoms with Gasteiger partial charge in [-0.3, -0.25) is 0 Å². The number of hydrogen-bond acceptors (Lipinski definition) is 1. The molecule has 0 amide bonds. The molecule has 1 nitrogen and oxygen atoms in total. The SMILES string of the molecule is CCCCC[CH-]O. The monoisotopic (exact) mass is 101 g/mol. The van der Waals surface area contributed by atoms with E-state index in [-0.39, 0.29) is 0 Å². The van der Waals surface area contributed by atoms with Crippen molar-refractivity contribution < 1.29 is 5.11 Å². The summed E-state index contributed by atoms with van der Waals surface area (Å²) in [6.45, 7) is 3.38. The topological polar surface area (TPSA) is 20.2 Å². The molecule has 0 aliphatic heterocycles. The maximum Gasteiger partial charge on any atom is -0.0559 e. The van der Waals surface area contributed by atoms with Crippen molar-refractivity contribution >= 4 is 0 Å². The molecule has 0 radical (unpaired) electrons. The predicted octanol–water partition coefficient (Wildman–Crippen LogP) is 2.10. The Morgan fingerprint density at radius 2 is 2.14 bits per heavy atom. The Bertz CT molecular complexity index is 23.4. The molecule has 0 aliphatic carbocycles. The summed E-state index contributed by atoms with van der Waals surface area (Å²) in [5.41, 5.74) is 0. The van der Waals surface area contributed by atoms with E-state index >= 15 is 0 Å². The fraction of sp³-hybridized carbons (Fsp3) is 0.833. The van der Waals surface area contributed by atoms with Crippen molar-refractivity contribution in [2.24, 2.45) is 0 Å². The van der Waals surface area contributed by atoms with Crippen molar-refractivity contribution in [2.45, 2.75) is 32.6 Å². The van der Waals surface area contributed by atoms with Gasteiger partial charge in [0.05, 0.1) is 0 Å². The average Bonchev–Trinajstić information content (AvgIpc) is 1.69. The Hall–Kier alpha value is -0.0400. The fourth-order valence-electron chi connectivity index (χ4n) is 0.486. The Morgan fingerprint density at radius 3 is 2.57 bits per heavy atom. The first kappa shape index (κ1) is 6.96. The molecule has 0 atom stereocenters. The van der Waals surface area contributed by atoms with Crippen LogP contribution >= 0.6 is 0 Å². The van der Waals surface area contributed by atoms with Crippen molar-refractivity contribution in [3.8, 4) is 0 Å². The van der Waals surface area contributed by atoms with E-state index in [9.17, 15) is 0 Å². The van der Waals surface area contributed by atoms with Gasteiger partial charge in [-0.1, -0.05) is 26.2 Å². The van der Waals surface area contributed by atoms with E-state index in [2.05, 4.69) is 6.92 Å². The molecule has 44 valence electrons. The highest BCUT2D eigenvalue weighted by Gasteiger charge is 1.74. The normalized spacial score (nSPS) is 9.43. The van der Waals surface area contributed by atoms with Crippen LogP contribution in [0.2, 0.25) is 0 Å². The number of hydrogen-bond donors (Lipinski definition) is 1. The van der Waals surface area contributed by atoms with Gasteiger partial charge in [-0.25, -0.2) is 6.61 Å². The van der Waals surface area contributed by atoms with Gasteiger partial charge in [-0.2, -0.15) is 6.42 Å². The second kappa shape index (κ2) is 5.96. The van der Waals surface area contributed by atoms with Crippen LogP contribution in [0.15, 0.2) is 0 Å². The summed E-state index contributed by atoms with van der Waals surface area (Å²) in [6, 6.07) is 0. The summed E-state index contributed by atoms with van der Waals surface area (Å²) < 4.78 is 0. The average molecular weight is 101 g/mol. The molecule has 1 heteroatoms. The van der Waals surface area contributed by atoms with Crippen LogP contribution < -0.4 is 0 Å². The lowest BCUT2D eigenvalue weighted by Gasteiger charge is -1.99. The summed E-state index contributed by atoms with van der Waals surface area (Å²) in [7, 11) is 0. The van der Waals surface area contributed by atoms with Crippen LogP contribution in [0.25, 0.3) is 0 Å². The zero-order chi connectivity index (χ0) is 5.54. The predicted molar refractivity (Wildman–Crippen MR) is 30.4 cm³/mol. The lowest BCUT2D eigenvalue weighted by atomic mass is 10.2. The number of aliphatic hydroxyl groups is 1. The van der Waals surface area contributed by atoms with Crippen LogP contribution in [0, 0.1) is 6.61 Å². The Kier molecular flexibility index (Phi) is 5.93. The van der Waals surface area contributed by atoms with Gasteiger partial charge in [0, 0.05) is 0 Å². The molecule has 0 saturated carbocycles. The minimum atomic E-state index is 0.855. The molecule has 0 fully saturated rings. The quantitative estimate of drug-likeness (QED) is 0.424. The molecule has 0 unspecified atom stereocenters. The summed E-state index contributed by atoms with van der Waals surface area (Å²) in [6.07, 6.45) is 4.45. The van der Waals surface area contributed by atoms with Crippen molar-refractivity contribution in [3.63, 3.8) is 0 Å². The number of unbranched alkanes of at least 4 members (excludes halogenated alkanes) is 3. The second-order valence-corrected chi connectivity index (χ2v) is 1.68. The smallest absolute Gasteiger partial charge is 0.0559 e. The molecule has 0 heterocycles. The largest absolute Gasteiger partial charge is 0.566 e. The Labute approximate surface area is 45.4 Å². The van der Waals surface area contributed by atoms with Gasteiger partial charge in [0.1, 0.15) is 0 Å². The molecular weight excluding hydrogens is 88.1 g/mol. The molecule has 7 heavy (non-hydrogen) atoms. The van der Waals surface area contributed by atoms with Gasteiger partial charge >= 0.3 is 0 Å². The van der Waals surface area contributed by atoms with Crippen molar-refractivity contribution in [1.82, 2.24) is 0 Å². The summed E-state index contributed by atoms with van der Waals surface area (Å²) in [4.78, 5) is 0. The summed E-state index contributed by atoms with van der Waals surface area (Å²) >= 11 is 0. The van der Waals surface area contributed by atoms with Crippen molar-refractivity contribution in [1.29, 1.82) is 0 Å². The maximum atomic E-state index is 8.17. The van der Waals surface area contributed by atoms with Crippen LogP contribution in [-0.4, -0.2) is 5.11 Å². The van der Waals surface area contributed by atoms with E-state index in [0.29, 0.717) is 0 Å². The van der Waals surface area contributed by atoms with Gasteiger partial charge in [-0.15, -0.1) is 0 Å². The van der Waals surface area contributed by atoms with E-state index in [0.717, 1.165) is 12.8 Å². The third-order valence-corrected chi connectivity index (χ3v) is 0.937. The molecule has 0 spiro atoms. The van der Waals surface area contributed by atoms with E-state index in [1.54, 1.807) is 0 Å². The first-order valence-electron chi connectivity index (χ1n) is 2.87. The first-order chi connectivity index (χ1) is 3.41. The van der Waals surface area contributed by atoms with Crippen LogP contribution in [0.1, 0.15) is 32.6 Å². The maximum absolute atomic E-state index is 8.17. The van der Waals surface area contributed by atoms with Crippen LogP contribution in [0.3, 0.4) is 0 Å². The van der Waals surface area contributed by atoms with E-state index in [1.807, 2.05) is 0 Å². The summed E-state index contributed by atoms with van der Waals surface area (Å²) in [5, 5.41) is 8.17. The lowest BCUT2D eigenvalue weighted by molar-refractivity contribution is 0.368. The Morgan fingerprint density at radius 1 is 1.43 bits per heavy atom. The van der Waals surface area contributed by atoms with Gasteiger partial charge in [0.25, 0.3) is 0 Å². The highest BCUT2D eigenvalue weighted by molar-refractivity contribution is 4.45. The minimum Gasteiger partial charge on any atom is -0.566 e. The highest BCUT2D eigenvalue weighted by Crippen LogP contribution is 1.98. The third-order valence-electron chi connectivity index (χ3n) is 0.937. The lowest BCUT2D eigenvalue weighted by Crippen LogP contribution is -1.74.